The zero-order chi connectivity index (χ0) is 6.24. The van der Waals surface area contributed by atoms with Crippen LogP contribution in [0.15, 0.2) is 0 Å². The number of aldehydes is 1. The normalized spacial score (nSPS) is 6.90. The third kappa shape index (κ3) is 15.8. The van der Waals surface area contributed by atoms with Crippen LogP contribution in [0.1, 0.15) is 19.8 Å². The molecule has 0 unspecified atom stereocenters. The number of ether oxygens (including phenoxy) is 1. The fraction of sp³-hybridized carbons (Fsp3) is 0.667. The van der Waals surface area contributed by atoms with E-state index in [1.807, 2.05) is 0 Å². The van der Waals surface area contributed by atoms with Gasteiger partial charge in [0.05, 0.1) is 0 Å². The monoisotopic (exact) mass is 174 g/mol. The van der Waals surface area contributed by atoms with Gasteiger partial charge in [-0.05, 0) is 6.42 Å². The number of halogens is 1. The van der Waals surface area contributed by atoms with Crippen molar-refractivity contribution >= 4 is 29.3 Å². The predicted molar refractivity (Wildman–Crippen MR) is 37.0 cm³/mol. The van der Waals surface area contributed by atoms with Crippen LogP contribution in [0.2, 0.25) is 0 Å². The van der Waals surface area contributed by atoms with Gasteiger partial charge < -0.3 is 21.9 Å². The second kappa shape index (κ2) is 16.3. The molecule has 0 aromatic rings. The Hall–Kier alpha value is 0.556. The zero-order valence-corrected chi connectivity index (χ0v) is 8.35. The van der Waals surface area contributed by atoms with Gasteiger partial charge in [0.1, 0.15) is 0 Å². The molecular formula is C6H11ClMgO2. The molecule has 0 bridgehead atoms. The fourth-order valence-electron chi connectivity index (χ4n) is 0.335. The molecule has 0 N–H and O–H groups in total. The second-order valence-electron chi connectivity index (χ2n) is 1.50. The van der Waals surface area contributed by atoms with Crippen molar-refractivity contribution in [2.45, 2.75) is 19.8 Å². The molecule has 0 heterocycles. The van der Waals surface area contributed by atoms with E-state index in [1.54, 1.807) is 0 Å². The second-order valence-corrected chi connectivity index (χ2v) is 1.50. The van der Waals surface area contributed by atoms with Crippen LogP contribution in [-0.4, -0.2) is 35.9 Å². The predicted octanol–water partition coefficient (Wildman–Crippen LogP) is -2.21. The van der Waals surface area contributed by atoms with Gasteiger partial charge in [0.25, 0.3) is 0 Å². The number of carbonyl (C=O) groups is 1. The third-order valence-corrected chi connectivity index (χ3v) is 0.768. The van der Waals surface area contributed by atoms with E-state index in [-0.39, 0.29) is 35.5 Å². The Bertz CT molecular complexity index is 61.7. The van der Waals surface area contributed by atoms with Crippen molar-refractivity contribution in [3.05, 3.63) is 6.61 Å². The molecule has 0 aliphatic heterocycles. The van der Waals surface area contributed by atoms with E-state index >= 15 is 0 Å². The molecular weight excluding hydrogens is 164 g/mol. The molecule has 0 saturated heterocycles. The van der Waals surface area contributed by atoms with Crippen LogP contribution in [0, 0.1) is 6.61 Å². The molecule has 0 amide bonds. The Labute approximate surface area is 84.3 Å². The summed E-state index contributed by atoms with van der Waals surface area (Å²) in [7, 11) is 0. The van der Waals surface area contributed by atoms with Gasteiger partial charge in [0.15, 0.2) is 0 Å². The van der Waals surface area contributed by atoms with E-state index in [2.05, 4.69) is 6.92 Å². The molecule has 4 heteroatoms. The minimum absolute atomic E-state index is 0. The quantitative estimate of drug-likeness (QED) is 0.205. The maximum Gasteiger partial charge on any atom is 2.00 e. The van der Waals surface area contributed by atoms with Crippen molar-refractivity contribution in [1.82, 2.24) is 0 Å². The van der Waals surface area contributed by atoms with Crippen LogP contribution in [0.3, 0.4) is 0 Å². The summed E-state index contributed by atoms with van der Waals surface area (Å²) in [5, 5.41) is 0. The van der Waals surface area contributed by atoms with Crippen molar-refractivity contribution in [1.29, 1.82) is 0 Å². The molecule has 2 nitrogen and oxygen atoms in total. The average Bonchev–Trinajstić information content (AvgIpc) is 1.81. The van der Waals surface area contributed by atoms with Crippen LogP contribution in [0.4, 0.5) is 0 Å². The summed E-state index contributed by atoms with van der Waals surface area (Å²) in [4.78, 5) is 9.59. The van der Waals surface area contributed by atoms with Gasteiger partial charge >= 0.3 is 23.1 Å². The molecule has 0 atom stereocenters. The molecule has 0 spiro atoms. The van der Waals surface area contributed by atoms with E-state index in [1.165, 1.54) is 6.61 Å². The van der Waals surface area contributed by atoms with Crippen molar-refractivity contribution in [2.24, 2.45) is 0 Å². The fourth-order valence-corrected chi connectivity index (χ4v) is 0.335. The van der Waals surface area contributed by atoms with Crippen LogP contribution >= 0.6 is 0 Å². The van der Waals surface area contributed by atoms with Gasteiger partial charge in [0.2, 0.25) is 0 Å². The maximum absolute atomic E-state index is 9.59. The Morgan fingerprint density at radius 2 is 2.20 bits per heavy atom. The number of hydrogen-bond acceptors (Lipinski definition) is 2. The molecule has 0 fully saturated rings. The maximum atomic E-state index is 9.59. The SMILES string of the molecule is CCCCO[CH-]C=O.[Cl-].[Mg+2]. The van der Waals surface area contributed by atoms with E-state index in [0.29, 0.717) is 12.9 Å². The summed E-state index contributed by atoms with van der Waals surface area (Å²) in [6.07, 6.45) is 2.77. The molecule has 0 aliphatic carbocycles. The smallest absolute Gasteiger partial charge is 1.00 e. The van der Waals surface area contributed by atoms with Crippen molar-refractivity contribution in [2.75, 3.05) is 6.61 Å². The van der Waals surface area contributed by atoms with Gasteiger partial charge in [-0.25, -0.2) is 6.61 Å². The van der Waals surface area contributed by atoms with Gasteiger partial charge in [-0.15, -0.1) is 0 Å². The van der Waals surface area contributed by atoms with E-state index in [0.717, 1.165) is 12.8 Å². The van der Waals surface area contributed by atoms with Crippen molar-refractivity contribution < 1.29 is 21.9 Å². The number of rotatable bonds is 5. The minimum atomic E-state index is 0. The standard InChI is InChI=1S/C6H11O2.ClH.Mg/c1-2-3-5-8-6-4-7;;/h4,6H,2-3,5H2,1H3;1H;/q-1;;+2/p-1. The Morgan fingerprint density at radius 3 is 2.60 bits per heavy atom. The summed E-state index contributed by atoms with van der Waals surface area (Å²) in [5.41, 5.74) is 0. The number of carbonyl (C=O) groups excluding carboxylic acids is 1. The van der Waals surface area contributed by atoms with Crippen LogP contribution in [-0.2, 0) is 9.53 Å². The topological polar surface area (TPSA) is 26.3 Å². The molecule has 56 valence electrons. The summed E-state index contributed by atoms with van der Waals surface area (Å²) >= 11 is 0. The third-order valence-electron chi connectivity index (χ3n) is 0.768. The molecule has 0 saturated carbocycles. The first-order valence-corrected chi connectivity index (χ1v) is 2.80. The zero-order valence-electron chi connectivity index (χ0n) is 6.18. The van der Waals surface area contributed by atoms with Crippen molar-refractivity contribution in [3.63, 3.8) is 0 Å². The van der Waals surface area contributed by atoms with E-state index in [9.17, 15) is 4.79 Å². The minimum Gasteiger partial charge on any atom is -1.00 e. The Morgan fingerprint density at radius 1 is 1.60 bits per heavy atom. The van der Waals surface area contributed by atoms with Crippen LogP contribution < -0.4 is 12.4 Å². The first kappa shape index (κ1) is 16.9. The Kier molecular flexibility index (Phi) is 27.5. The van der Waals surface area contributed by atoms with E-state index < -0.39 is 0 Å². The van der Waals surface area contributed by atoms with E-state index in [4.69, 9.17) is 4.74 Å². The molecule has 0 aliphatic rings. The Balaban J connectivity index is -0.000000245. The first-order valence-electron chi connectivity index (χ1n) is 2.80. The molecule has 0 radical (unpaired) electrons. The summed E-state index contributed by atoms with van der Waals surface area (Å²) < 4.78 is 4.73. The van der Waals surface area contributed by atoms with Crippen LogP contribution in [0.25, 0.3) is 0 Å². The average molecular weight is 175 g/mol. The first-order chi connectivity index (χ1) is 3.91. The molecule has 0 aromatic heterocycles. The summed E-state index contributed by atoms with van der Waals surface area (Å²) in [6.45, 7) is 3.91. The molecule has 0 aromatic carbocycles. The van der Waals surface area contributed by atoms with Gasteiger partial charge in [0, 0.05) is 12.9 Å². The van der Waals surface area contributed by atoms with Crippen molar-refractivity contribution in [3.8, 4) is 0 Å². The van der Waals surface area contributed by atoms with Crippen LogP contribution in [0.5, 0.6) is 0 Å². The largest absolute Gasteiger partial charge is 2.00 e. The molecule has 0 rings (SSSR count). The van der Waals surface area contributed by atoms with Gasteiger partial charge in [-0.1, -0.05) is 13.3 Å². The number of unbranched alkanes of at least 4 members (excludes halogenated alkanes) is 1. The summed E-state index contributed by atoms with van der Waals surface area (Å²) in [6, 6.07) is 0. The summed E-state index contributed by atoms with van der Waals surface area (Å²) in [5.74, 6) is 0. The molecule has 10 heavy (non-hydrogen) atoms. The van der Waals surface area contributed by atoms with Gasteiger partial charge in [-0.2, -0.15) is 0 Å². The number of hydrogen-bond donors (Lipinski definition) is 0. The van der Waals surface area contributed by atoms with Gasteiger partial charge in [-0.3, -0.25) is 0 Å².